The third-order valence-corrected chi connectivity index (χ3v) is 33.6. The van der Waals surface area contributed by atoms with E-state index in [4.69, 9.17) is 0 Å². The van der Waals surface area contributed by atoms with Crippen molar-refractivity contribution in [2.45, 2.75) is 167 Å². The van der Waals surface area contributed by atoms with Crippen LogP contribution in [-0.4, -0.2) is 0 Å². The molecule has 142 heavy (non-hydrogen) atoms. The smallest absolute Gasteiger partial charge is 0.0725 e. The normalized spacial score (nSPS) is 15.8. The van der Waals surface area contributed by atoms with Crippen LogP contribution >= 0.6 is 0 Å². The lowest BCUT2D eigenvalue weighted by Gasteiger charge is -2.34. The average molecular weight is 1830 g/mol. The Hall–Kier alpha value is -15.2. The first-order valence-electron chi connectivity index (χ1n) is 51.4. The first-order chi connectivity index (χ1) is 68.5. The van der Waals surface area contributed by atoms with Gasteiger partial charge in [0.15, 0.2) is 0 Å². The Bertz CT molecular complexity index is 8620. The van der Waals surface area contributed by atoms with Gasteiger partial charge < -0.3 is 9.80 Å². The van der Waals surface area contributed by atoms with Crippen LogP contribution in [0.25, 0.3) is 138 Å². The van der Waals surface area contributed by atoms with Crippen LogP contribution in [-0.2, 0) is 43.3 Å². The second-order valence-corrected chi connectivity index (χ2v) is 46.4. The third-order valence-electron chi connectivity index (χ3n) is 33.6. The summed E-state index contributed by atoms with van der Waals surface area (Å²) in [6.07, 6.45) is 6.65. The van der Waals surface area contributed by atoms with Crippen LogP contribution in [0.5, 0.6) is 0 Å². The van der Waals surface area contributed by atoms with E-state index in [9.17, 15) is 0 Å². The Labute approximate surface area is 838 Å². The molecule has 0 saturated carbocycles. The maximum absolute atomic E-state index is 2.66. The molecule has 7 aliphatic carbocycles. The van der Waals surface area contributed by atoms with E-state index in [1.807, 2.05) is 0 Å². The van der Waals surface area contributed by atoms with Crippen molar-refractivity contribution < 1.29 is 0 Å². The topological polar surface area (TPSA) is 6.48 Å². The summed E-state index contributed by atoms with van der Waals surface area (Å²) in [5.41, 5.74) is 54.2. The summed E-state index contributed by atoms with van der Waals surface area (Å²) in [6.45, 7) is 38.2. The minimum atomic E-state index is -0.665. The molecule has 688 valence electrons. The number of rotatable bonds is 11. The lowest BCUT2D eigenvalue weighted by Crippen LogP contribution is -2.27. The molecule has 0 saturated heterocycles. The molecule has 1 atom stereocenters. The first kappa shape index (κ1) is 87.1. The van der Waals surface area contributed by atoms with Gasteiger partial charge in [-0.05, 0) is 323 Å². The molecule has 2 nitrogen and oxygen atoms in total. The van der Waals surface area contributed by atoms with E-state index in [0.717, 1.165) is 41.3 Å². The van der Waals surface area contributed by atoms with Gasteiger partial charge in [-0.1, -0.05) is 444 Å². The standard InChI is InChI=1S/C140H118N2/c1-133(2,3)90-63-71-103-104-72-64-91(134(4,5)6)79-126(104)139(125(103)78-90)118-54-27-19-42-101(118)113-81-95(68-74-120(113)139)141(129-58-29-23-44-106(129)108-50-34-56-122-131(108)110-46-21-25-52-116(110)137(122,13)14)93-66-60-86(61-67-93)98-48-33-39-87-76-89(62-70-100(87)98)112-83-115-105-73-65-92(135(7,8)9)80-127(105)140(128(115)84-124(112)136(10,11)12)119-55-28-20-43-102(119)114-82-96(69-75-121(114)140)142(94-40-31-38-88(77-94)99-49-32-37-85-36-17-18-41-97(85)99)130-59-30-24-45-107(130)109-51-35-57-123-132(109)111-47-22-26-53-117(111)138(123,15)16/h17-28,30-57,59-84H,29,58H2,1-16H3. The van der Waals surface area contributed by atoms with E-state index in [-0.39, 0.29) is 32.5 Å². The zero-order valence-corrected chi connectivity index (χ0v) is 84.4. The summed E-state index contributed by atoms with van der Waals surface area (Å²) in [5, 5.41) is 4.89. The van der Waals surface area contributed by atoms with Crippen LogP contribution in [0.4, 0.5) is 28.4 Å². The minimum absolute atomic E-state index is 0.0577. The second kappa shape index (κ2) is 31.1. The number of para-hydroxylation sites is 1. The van der Waals surface area contributed by atoms with Gasteiger partial charge in [-0.25, -0.2) is 0 Å². The summed E-state index contributed by atoms with van der Waals surface area (Å²) in [5.74, 6) is 0. The van der Waals surface area contributed by atoms with E-state index in [0.29, 0.717) is 0 Å². The highest BCUT2D eigenvalue weighted by Crippen LogP contribution is 2.68. The van der Waals surface area contributed by atoms with Crippen molar-refractivity contribution in [2.24, 2.45) is 0 Å². The van der Waals surface area contributed by atoms with Crippen molar-refractivity contribution in [1.82, 2.24) is 0 Å². The summed E-state index contributed by atoms with van der Waals surface area (Å²) in [6, 6.07) is 152. The fourth-order valence-corrected chi connectivity index (χ4v) is 26.6. The van der Waals surface area contributed by atoms with Gasteiger partial charge in [-0.2, -0.15) is 0 Å². The number of nitrogens with zero attached hydrogens (tertiary/aromatic N) is 2. The maximum Gasteiger partial charge on any atom is 0.0725 e. The summed E-state index contributed by atoms with van der Waals surface area (Å²) in [4.78, 5) is 5.22. The Balaban J connectivity index is 0.615. The van der Waals surface area contributed by atoms with Gasteiger partial charge in [0, 0.05) is 50.4 Å². The maximum atomic E-state index is 2.66. The van der Waals surface area contributed by atoms with E-state index in [1.165, 1.54) is 239 Å². The van der Waals surface area contributed by atoms with Crippen LogP contribution in [0.15, 0.2) is 406 Å². The molecule has 1 unspecified atom stereocenters. The van der Waals surface area contributed by atoms with Gasteiger partial charge in [0.1, 0.15) is 0 Å². The van der Waals surface area contributed by atoms with Crippen LogP contribution < -0.4 is 9.80 Å². The van der Waals surface area contributed by atoms with Gasteiger partial charge in [0.25, 0.3) is 0 Å². The largest absolute Gasteiger partial charge is 0.314 e. The zero-order valence-electron chi connectivity index (χ0n) is 84.4. The highest BCUT2D eigenvalue weighted by molar-refractivity contribution is 6.07. The van der Waals surface area contributed by atoms with E-state index >= 15 is 0 Å². The number of allylic oxidation sites excluding steroid dienone is 4. The van der Waals surface area contributed by atoms with Crippen molar-refractivity contribution in [3.8, 4) is 111 Å². The molecule has 0 N–H and O–H groups in total. The zero-order chi connectivity index (χ0) is 97.0. The Morgan fingerprint density at radius 2 is 0.620 bits per heavy atom. The molecule has 0 bridgehead atoms. The lowest BCUT2D eigenvalue weighted by atomic mass is 9.68. The first-order valence-corrected chi connectivity index (χ1v) is 51.4. The van der Waals surface area contributed by atoms with Gasteiger partial charge >= 0.3 is 0 Å². The predicted octanol–water partition coefficient (Wildman–Crippen LogP) is 37.5. The highest BCUT2D eigenvalue weighted by Gasteiger charge is 2.56. The van der Waals surface area contributed by atoms with Crippen molar-refractivity contribution in [3.63, 3.8) is 0 Å². The highest BCUT2D eigenvalue weighted by atomic mass is 15.2. The second-order valence-electron chi connectivity index (χ2n) is 46.4. The third kappa shape index (κ3) is 12.7. The molecule has 26 rings (SSSR count). The molecule has 19 aromatic rings. The van der Waals surface area contributed by atoms with Crippen LogP contribution in [0, 0.1) is 0 Å². The molecule has 0 aromatic heterocycles. The summed E-state index contributed by atoms with van der Waals surface area (Å²) < 4.78 is 0. The summed E-state index contributed by atoms with van der Waals surface area (Å²) >= 11 is 0. The number of fused-ring (bicyclic) bond motifs is 28. The van der Waals surface area contributed by atoms with Gasteiger partial charge in [0.2, 0.25) is 0 Å². The Morgan fingerprint density at radius 1 is 0.225 bits per heavy atom. The monoisotopic (exact) mass is 1830 g/mol. The van der Waals surface area contributed by atoms with E-state index < -0.39 is 10.8 Å². The fraction of sp³-hybridized carbons (Fsp3) is 0.186. The van der Waals surface area contributed by atoms with Crippen molar-refractivity contribution in [1.29, 1.82) is 0 Å². The fourth-order valence-electron chi connectivity index (χ4n) is 26.6. The number of hydrogen-bond acceptors (Lipinski definition) is 2. The number of hydrogen-bond donors (Lipinski definition) is 0. The Kier molecular flexibility index (Phi) is 19.1. The van der Waals surface area contributed by atoms with Crippen molar-refractivity contribution in [2.75, 3.05) is 9.80 Å². The molecule has 0 fully saturated rings. The summed E-state index contributed by atoms with van der Waals surface area (Å²) in [7, 11) is 0. The number of anilines is 5. The minimum Gasteiger partial charge on any atom is -0.314 e. The molecule has 7 aliphatic rings. The molecule has 0 radical (unpaired) electrons. The SMILES string of the molecule is CC(C)(C)c1ccc2c(c1)C1(c3ccccc3-c3cc(N(C4=C(c5cccc6c5-c5ccccc5C6(C)C)C=CCC4)c4ccc(-c5cccc6cc(-c7cc8c(cc7C(C)(C)C)C7(c9ccccc9-c9cc(N(c%10cccc(-c%11cccc%12ccccc%11%12)c%10)c%10ccccc%10-c%10cccc%11c%10-c%10ccccc%10C%11(C)C)ccc97)c7cc(C(C)(C)C)ccc7-8)ccc56)cc4)ccc31)c1cc(C(C)(C)C)ccc1-2. The average Bonchev–Trinajstić information content (AvgIpc) is 1.49. The molecule has 19 aromatic carbocycles. The van der Waals surface area contributed by atoms with E-state index in [2.05, 4.69) is 521 Å². The molecule has 0 aliphatic heterocycles. The Morgan fingerprint density at radius 3 is 1.20 bits per heavy atom. The van der Waals surface area contributed by atoms with Crippen molar-refractivity contribution in [3.05, 3.63) is 501 Å². The van der Waals surface area contributed by atoms with E-state index in [1.54, 1.807) is 0 Å². The van der Waals surface area contributed by atoms with Gasteiger partial charge in [0.05, 0.1) is 16.5 Å². The molecule has 0 amide bonds. The predicted molar refractivity (Wildman–Crippen MR) is 601 cm³/mol. The van der Waals surface area contributed by atoms with Gasteiger partial charge in [-0.15, -0.1) is 0 Å². The molecular formula is C140H118N2. The quantitative estimate of drug-likeness (QED) is 0.127. The van der Waals surface area contributed by atoms with Crippen LogP contribution in [0.2, 0.25) is 0 Å². The molecule has 0 heterocycles. The van der Waals surface area contributed by atoms with Crippen LogP contribution in [0.1, 0.15) is 218 Å². The molecular weight excluding hydrogens is 1710 g/mol. The van der Waals surface area contributed by atoms with Crippen molar-refractivity contribution >= 4 is 55.6 Å². The van der Waals surface area contributed by atoms with Gasteiger partial charge in [-0.3, -0.25) is 0 Å². The van der Waals surface area contributed by atoms with Crippen LogP contribution in [0.3, 0.4) is 0 Å². The molecule has 2 spiro atoms. The number of benzene rings is 19. The molecule has 2 heteroatoms. The lowest BCUT2D eigenvalue weighted by molar-refractivity contribution is 0.586.